The molecule has 8 heavy (non-hydrogen) atoms. The van der Waals surface area contributed by atoms with Crippen molar-refractivity contribution < 1.29 is 4.79 Å². The first-order chi connectivity index (χ1) is 3.93. The molecule has 0 aromatic heterocycles. The van der Waals surface area contributed by atoms with E-state index in [-0.39, 0.29) is 0 Å². The third-order valence-electron chi connectivity index (χ3n) is 1.02. The van der Waals surface area contributed by atoms with E-state index >= 15 is 0 Å². The van der Waals surface area contributed by atoms with Crippen LogP contribution in [0.15, 0.2) is 11.9 Å². The van der Waals surface area contributed by atoms with Gasteiger partial charge >= 0.3 is 0 Å². The molecule has 0 spiro atoms. The Morgan fingerprint density at radius 1 is 1.88 bits per heavy atom. The number of rotatable bonds is 2. The molecule has 0 aromatic rings. The van der Waals surface area contributed by atoms with Crippen LogP contribution < -0.4 is 10.6 Å². The number of hydrogen-bond acceptors (Lipinski definition) is 2. The van der Waals surface area contributed by atoms with Crippen LogP contribution in [0.25, 0.3) is 0 Å². The summed E-state index contributed by atoms with van der Waals surface area (Å²) in [6, 6.07) is 0. The minimum Gasteiger partial charge on any atom is -0.372 e. The number of carbonyl (C=O) groups is 1. The smallest absolute Gasteiger partial charge is 0.212 e. The van der Waals surface area contributed by atoms with E-state index in [9.17, 15) is 4.79 Å². The lowest BCUT2D eigenvalue weighted by Gasteiger charge is -1.97. The van der Waals surface area contributed by atoms with Gasteiger partial charge in [-0.15, -0.1) is 0 Å². The molecule has 0 radical (unpaired) electrons. The largest absolute Gasteiger partial charge is 0.372 e. The van der Waals surface area contributed by atoms with Crippen LogP contribution in [0.2, 0.25) is 0 Å². The summed E-state index contributed by atoms with van der Waals surface area (Å²) >= 11 is 0. The van der Waals surface area contributed by atoms with Gasteiger partial charge in [-0.25, -0.2) is 0 Å². The van der Waals surface area contributed by atoms with E-state index < -0.39 is 0 Å². The van der Waals surface area contributed by atoms with Gasteiger partial charge < -0.3 is 10.6 Å². The normalized spacial score (nSPS) is 16.8. The highest BCUT2D eigenvalue weighted by atomic mass is 16.1. The van der Waals surface area contributed by atoms with Gasteiger partial charge in [-0.1, -0.05) is 0 Å². The standard InChI is InChI=1S/C5H8N2O/c8-4-7-5-2-1-3-6-5/h2,4,6H,1,3H2,(H,7,8). The summed E-state index contributed by atoms with van der Waals surface area (Å²) in [5, 5.41) is 5.49. The summed E-state index contributed by atoms with van der Waals surface area (Å²) < 4.78 is 0. The predicted molar refractivity (Wildman–Crippen MR) is 29.9 cm³/mol. The lowest BCUT2D eigenvalue weighted by Crippen LogP contribution is -2.20. The quantitative estimate of drug-likeness (QED) is 0.476. The van der Waals surface area contributed by atoms with Crippen LogP contribution in [0.5, 0.6) is 0 Å². The molecule has 1 heterocycles. The molecule has 3 nitrogen and oxygen atoms in total. The minimum absolute atomic E-state index is 0.671. The zero-order valence-corrected chi connectivity index (χ0v) is 4.48. The van der Waals surface area contributed by atoms with E-state index in [1.807, 2.05) is 6.08 Å². The van der Waals surface area contributed by atoms with Crippen molar-refractivity contribution in [1.82, 2.24) is 10.6 Å². The Bertz CT molecular complexity index is 120. The molecule has 0 fully saturated rings. The molecule has 0 aliphatic carbocycles. The van der Waals surface area contributed by atoms with Crippen LogP contribution in [0.4, 0.5) is 0 Å². The predicted octanol–water partition coefficient (Wildman–Crippen LogP) is -0.433. The van der Waals surface area contributed by atoms with Crippen LogP contribution in [0, 0.1) is 0 Å². The second-order valence-electron chi connectivity index (χ2n) is 1.60. The summed E-state index contributed by atoms with van der Waals surface area (Å²) in [4.78, 5) is 9.77. The zero-order valence-electron chi connectivity index (χ0n) is 4.48. The Balaban J connectivity index is 2.33. The van der Waals surface area contributed by atoms with E-state index in [2.05, 4.69) is 10.6 Å². The first kappa shape index (κ1) is 5.15. The molecule has 0 atom stereocenters. The Morgan fingerprint density at radius 3 is 3.25 bits per heavy atom. The van der Waals surface area contributed by atoms with Gasteiger partial charge in [0.05, 0.1) is 0 Å². The Kier molecular flexibility index (Phi) is 1.51. The maximum absolute atomic E-state index is 9.77. The van der Waals surface area contributed by atoms with Gasteiger partial charge in [-0.05, 0) is 12.5 Å². The van der Waals surface area contributed by atoms with E-state index in [0.29, 0.717) is 6.41 Å². The van der Waals surface area contributed by atoms with Gasteiger partial charge in [0.15, 0.2) is 0 Å². The minimum atomic E-state index is 0.671. The number of hydrogen-bond donors (Lipinski definition) is 2. The van der Waals surface area contributed by atoms with Crippen molar-refractivity contribution in [2.24, 2.45) is 0 Å². The van der Waals surface area contributed by atoms with E-state index in [1.165, 1.54) is 0 Å². The molecule has 0 unspecified atom stereocenters. The number of amides is 1. The molecular formula is C5H8N2O. The topological polar surface area (TPSA) is 41.1 Å². The van der Waals surface area contributed by atoms with Gasteiger partial charge in [0.2, 0.25) is 6.41 Å². The summed E-state index contributed by atoms with van der Waals surface area (Å²) in [6.45, 7) is 0.941. The van der Waals surface area contributed by atoms with E-state index in [4.69, 9.17) is 0 Å². The summed E-state index contributed by atoms with van der Waals surface area (Å²) in [7, 11) is 0. The third-order valence-corrected chi connectivity index (χ3v) is 1.02. The second kappa shape index (κ2) is 2.35. The molecular weight excluding hydrogens is 104 g/mol. The summed E-state index contributed by atoms with van der Waals surface area (Å²) in [6.07, 6.45) is 3.63. The fourth-order valence-corrected chi connectivity index (χ4v) is 0.669. The van der Waals surface area contributed by atoms with Gasteiger partial charge in [0.1, 0.15) is 5.82 Å². The third kappa shape index (κ3) is 0.992. The van der Waals surface area contributed by atoms with Gasteiger partial charge in [-0.3, -0.25) is 4.79 Å². The first-order valence-corrected chi connectivity index (χ1v) is 2.57. The van der Waals surface area contributed by atoms with Gasteiger partial charge in [-0.2, -0.15) is 0 Å². The molecule has 44 valence electrons. The molecule has 0 saturated heterocycles. The van der Waals surface area contributed by atoms with Crippen LogP contribution >= 0.6 is 0 Å². The molecule has 0 bridgehead atoms. The van der Waals surface area contributed by atoms with Crippen molar-refractivity contribution in [3.05, 3.63) is 11.9 Å². The van der Waals surface area contributed by atoms with E-state index in [1.54, 1.807) is 0 Å². The molecule has 1 aliphatic rings. The lowest BCUT2D eigenvalue weighted by atomic mass is 10.5. The highest BCUT2D eigenvalue weighted by Gasteiger charge is 1.98. The molecule has 3 heteroatoms. The average Bonchev–Trinajstić information content (AvgIpc) is 2.19. The fourth-order valence-electron chi connectivity index (χ4n) is 0.669. The van der Waals surface area contributed by atoms with Crippen LogP contribution in [0.1, 0.15) is 6.42 Å². The molecule has 2 N–H and O–H groups in total. The second-order valence-corrected chi connectivity index (χ2v) is 1.60. The summed E-state index contributed by atoms with van der Waals surface area (Å²) in [5.41, 5.74) is 0. The van der Waals surface area contributed by atoms with Gasteiger partial charge in [0, 0.05) is 6.54 Å². The van der Waals surface area contributed by atoms with Crippen molar-refractivity contribution in [1.29, 1.82) is 0 Å². The van der Waals surface area contributed by atoms with Crippen molar-refractivity contribution in [2.45, 2.75) is 6.42 Å². The average molecular weight is 112 g/mol. The van der Waals surface area contributed by atoms with Crippen molar-refractivity contribution in [3.63, 3.8) is 0 Å². The maximum Gasteiger partial charge on any atom is 0.212 e. The molecule has 1 aliphatic heterocycles. The lowest BCUT2D eigenvalue weighted by molar-refractivity contribution is -0.109. The van der Waals surface area contributed by atoms with Gasteiger partial charge in [0.25, 0.3) is 0 Å². The molecule has 0 aromatic carbocycles. The monoisotopic (exact) mass is 112 g/mol. The highest BCUT2D eigenvalue weighted by Crippen LogP contribution is 1.94. The molecule has 0 saturated carbocycles. The van der Waals surface area contributed by atoms with Crippen LogP contribution in [-0.4, -0.2) is 13.0 Å². The first-order valence-electron chi connectivity index (χ1n) is 2.57. The Morgan fingerprint density at radius 2 is 2.75 bits per heavy atom. The Labute approximate surface area is 47.8 Å². The van der Waals surface area contributed by atoms with Crippen molar-refractivity contribution >= 4 is 6.41 Å². The van der Waals surface area contributed by atoms with Crippen molar-refractivity contribution in [3.8, 4) is 0 Å². The summed E-state index contributed by atoms with van der Waals surface area (Å²) in [5.74, 6) is 0.833. The Hall–Kier alpha value is -0.990. The SMILES string of the molecule is O=CNC1=CCCN1. The number of carbonyl (C=O) groups excluding carboxylic acids is 1. The van der Waals surface area contributed by atoms with E-state index in [0.717, 1.165) is 18.8 Å². The number of nitrogens with one attached hydrogen (secondary N) is 2. The van der Waals surface area contributed by atoms with Crippen LogP contribution in [0.3, 0.4) is 0 Å². The molecule has 1 rings (SSSR count). The zero-order chi connectivity index (χ0) is 5.82. The van der Waals surface area contributed by atoms with Crippen molar-refractivity contribution in [2.75, 3.05) is 6.54 Å². The highest BCUT2D eigenvalue weighted by molar-refractivity contribution is 5.49. The van der Waals surface area contributed by atoms with Crippen LogP contribution in [-0.2, 0) is 4.79 Å². The molecule has 1 amide bonds. The fraction of sp³-hybridized carbons (Fsp3) is 0.400. The maximum atomic E-state index is 9.77.